The van der Waals surface area contributed by atoms with Gasteiger partial charge in [-0.2, -0.15) is 0 Å². The quantitative estimate of drug-likeness (QED) is 0.822. The normalized spacial score (nSPS) is 11.6. The fourth-order valence-corrected chi connectivity index (χ4v) is 2.47. The fraction of sp³-hybridized carbons (Fsp3) is 0.368. The van der Waals surface area contributed by atoms with E-state index < -0.39 is 0 Å². The van der Waals surface area contributed by atoms with Gasteiger partial charge < -0.3 is 14.4 Å². The van der Waals surface area contributed by atoms with Crippen LogP contribution in [0.3, 0.4) is 0 Å². The molecule has 2 rings (SSSR count). The van der Waals surface area contributed by atoms with Gasteiger partial charge in [-0.3, -0.25) is 9.79 Å². The van der Waals surface area contributed by atoms with Crippen LogP contribution in [0.2, 0.25) is 0 Å². The van der Waals surface area contributed by atoms with E-state index in [1.165, 1.54) is 4.57 Å². The van der Waals surface area contributed by atoms with Gasteiger partial charge in [-0.1, -0.05) is 13.3 Å². The fourth-order valence-electron chi connectivity index (χ4n) is 2.47. The number of hydrogen-bond acceptors (Lipinski definition) is 4. The molecule has 0 radical (unpaired) electrons. The molecular weight excluding hydrogens is 304 g/mol. The molecule has 0 aliphatic carbocycles. The highest BCUT2D eigenvalue weighted by molar-refractivity contribution is 6.03. The molecule has 0 bridgehead atoms. The maximum absolute atomic E-state index is 12.6. The first-order chi connectivity index (χ1) is 11.5. The maximum Gasteiger partial charge on any atom is 0.263 e. The smallest absolute Gasteiger partial charge is 0.263 e. The first kappa shape index (κ1) is 17.8. The summed E-state index contributed by atoms with van der Waals surface area (Å²) in [6.45, 7) is 3.87. The number of unbranched alkanes of at least 4 members (excludes halogenated alkanes) is 1. The number of aromatic hydroxyl groups is 1. The van der Waals surface area contributed by atoms with Crippen molar-refractivity contribution in [3.05, 3.63) is 51.9 Å². The lowest BCUT2D eigenvalue weighted by Gasteiger charge is -2.12. The van der Waals surface area contributed by atoms with Crippen molar-refractivity contribution in [1.82, 2.24) is 4.57 Å². The molecule has 0 spiro atoms. The molecule has 1 aromatic heterocycles. The minimum atomic E-state index is -0.226. The van der Waals surface area contributed by atoms with E-state index in [1.54, 1.807) is 27.1 Å². The van der Waals surface area contributed by atoms with Crippen LogP contribution in [0, 0.1) is 6.92 Å². The summed E-state index contributed by atoms with van der Waals surface area (Å²) in [5, 5.41) is 10.3. The molecule has 1 heterocycles. The molecule has 128 valence electrons. The Bertz CT molecular complexity index is 789. The monoisotopic (exact) mass is 328 g/mol. The second-order valence-corrected chi connectivity index (χ2v) is 5.77. The van der Waals surface area contributed by atoms with Crippen molar-refractivity contribution in [3.63, 3.8) is 0 Å². The van der Waals surface area contributed by atoms with Crippen LogP contribution in [0.25, 0.3) is 0 Å². The Morgan fingerprint density at radius 2 is 1.96 bits per heavy atom. The summed E-state index contributed by atoms with van der Waals surface area (Å²) >= 11 is 0. The van der Waals surface area contributed by atoms with E-state index in [4.69, 9.17) is 4.74 Å². The van der Waals surface area contributed by atoms with E-state index in [-0.39, 0.29) is 16.9 Å². The Labute approximate surface area is 142 Å². The van der Waals surface area contributed by atoms with Crippen LogP contribution in [-0.4, -0.2) is 22.5 Å². The molecule has 0 aliphatic heterocycles. The van der Waals surface area contributed by atoms with Crippen LogP contribution in [0.4, 0.5) is 5.69 Å². The molecular formula is C19H24N2O3. The third-order valence-electron chi connectivity index (χ3n) is 4.04. The van der Waals surface area contributed by atoms with Crippen molar-refractivity contribution >= 4 is 11.4 Å². The van der Waals surface area contributed by atoms with Crippen LogP contribution in [0.5, 0.6) is 11.5 Å². The molecule has 0 unspecified atom stereocenters. The van der Waals surface area contributed by atoms with Gasteiger partial charge in [-0.25, -0.2) is 0 Å². The standard InChI is InChI=1S/C19H24N2O3/c1-5-6-7-16(20-14-8-10-15(24-4)11-9-14)18-17(22)12-13(2)21(3)19(18)23/h8-12,22H,5-7H2,1-4H3. The van der Waals surface area contributed by atoms with Crippen molar-refractivity contribution in [3.8, 4) is 11.5 Å². The molecule has 0 fully saturated rings. The highest BCUT2D eigenvalue weighted by atomic mass is 16.5. The number of methoxy groups -OCH3 is 1. The number of hydrogen-bond donors (Lipinski definition) is 1. The van der Waals surface area contributed by atoms with Gasteiger partial charge in [0.1, 0.15) is 17.1 Å². The number of pyridine rings is 1. The van der Waals surface area contributed by atoms with Gasteiger partial charge in [0.25, 0.3) is 5.56 Å². The van der Waals surface area contributed by atoms with Gasteiger partial charge in [0.05, 0.1) is 18.5 Å². The summed E-state index contributed by atoms with van der Waals surface area (Å²) in [6.07, 6.45) is 2.51. The summed E-state index contributed by atoms with van der Waals surface area (Å²) in [7, 11) is 3.31. The molecule has 0 aliphatic rings. The molecule has 0 atom stereocenters. The zero-order valence-electron chi connectivity index (χ0n) is 14.7. The minimum absolute atomic E-state index is 0.0148. The molecule has 0 amide bonds. The molecule has 1 aromatic carbocycles. The largest absolute Gasteiger partial charge is 0.507 e. The van der Waals surface area contributed by atoms with Crippen molar-refractivity contribution < 1.29 is 9.84 Å². The second kappa shape index (κ2) is 7.81. The van der Waals surface area contributed by atoms with Gasteiger partial charge in [0, 0.05) is 18.8 Å². The molecule has 24 heavy (non-hydrogen) atoms. The van der Waals surface area contributed by atoms with E-state index in [0.29, 0.717) is 17.8 Å². The van der Waals surface area contributed by atoms with Gasteiger partial charge >= 0.3 is 0 Å². The lowest BCUT2D eigenvalue weighted by atomic mass is 10.0. The van der Waals surface area contributed by atoms with Gasteiger partial charge in [0.15, 0.2) is 0 Å². The summed E-state index contributed by atoms with van der Waals surface area (Å²) in [4.78, 5) is 17.2. The predicted octanol–water partition coefficient (Wildman–Crippen LogP) is 3.72. The average molecular weight is 328 g/mol. The number of aryl methyl sites for hydroxylation is 1. The molecule has 2 aromatic rings. The molecule has 0 saturated heterocycles. The van der Waals surface area contributed by atoms with E-state index >= 15 is 0 Å². The number of aromatic nitrogens is 1. The summed E-state index contributed by atoms with van der Waals surface area (Å²) in [5.74, 6) is 0.733. The van der Waals surface area contributed by atoms with Gasteiger partial charge in [0.2, 0.25) is 0 Å². The number of aliphatic imine (C=N–C) groups is 1. The Kier molecular flexibility index (Phi) is 5.79. The molecule has 0 saturated carbocycles. The lowest BCUT2D eigenvalue weighted by Crippen LogP contribution is -2.26. The topological polar surface area (TPSA) is 63.8 Å². The molecule has 5 nitrogen and oxygen atoms in total. The lowest BCUT2D eigenvalue weighted by molar-refractivity contribution is 0.415. The van der Waals surface area contributed by atoms with E-state index in [1.807, 2.05) is 24.3 Å². The van der Waals surface area contributed by atoms with E-state index in [2.05, 4.69) is 11.9 Å². The van der Waals surface area contributed by atoms with Crippen molar-refractivity contribution in [1.29, 1.82) is 0 Å². The highest BCUT2D eigenvalue weighted by Gasteiger charge is 2.16. The highest BCUT2D eigenvalue weighted by Crippen LogP contribution is 2.23. The Morgan fingerprint density at radius 1 is 1.29 bits per heavy atom. The number of benzene rings is 1. The first-order valence-electron chi connectivity index (χ1n) is 8.09. The number of nitrogens with zero attached hydrogens (tertiary/aromatic N) is 2. The molecule has 1 N–H and O–H groups in total. The average Bonchev–Trinajstić information content (AvgIpc) is 2.58. The second-order valence-electron chi connectivity index (χ2n) is 5.77. The van der Waals surface area contributed by atoms with Crippen molar-refractivity contribution in [2.45, 2.75) is 33.1 Å². The van der Waals surface area contributed by atoms with Crippen LogP contribution in [-0.2, 0) is 7.05 Å². The third-order valence-corrected chi connectivity index (χ3v) is 4.04. The van der Waals surface area contributed by atoms with Crippen LogP contribution < -0.4 is 10.3 Å². The van der Waals surface area contributed by atoms with Crippen LogP contribution in [0.15, 0.2) is 40.1 Å². The number of rotatable bonds is 6. The van der Waals surface area contributed by atoms with E-state index in [9.17, 15) is 9.90 Å². The predicted molar refractivity (Wildman–Crippen MR) is 96.8 cm³/mol. The Balaban J connectivity index is 2.54. The van der Waals surface area contributed by atoms with Gasteiger partial charge in [-0.15, -0.1) is 0 Å². The summed E-state index contributed by atoms with van der Waals surface area (Å²) < 4.78 is 6.68. The third kappa shape index (κ3) is 3.85. The summed E-state index contributed by atoms with van der Waals surface area (Å²) in [6, 6.07) is 8.92. The molecule has 5 heteroatoms. The Hall–Kier alpha value is -2.56. The SMILES string of the molecule is CCCCC(=Nc1ccc(OC)cc1)c1c(O)cc(C)n(C)c1=O. The van der Waals surface area contributed by atoms with Crippen LogP contribution >= 0.6 is 0 Å². The summed E-state index contributed by atoms with van der Waals surface area (Å²) in [5.41, 5.74) is 2.10. The zero-order chi connectivity index (χ0) is 17.7. The van der Waals surface area contributed by atoms with Gasteiger partial charge in [-0.05, 0) is 44.0 Å². The maximum atomic E-state index is 12.6. The number of ether oxygens (including phenoxy) is 1. The van der Waals surface area contributed by atoms with Crippen LogP contribution in [0.1, 0.15) is 37.4 Å². The zero-order valence-corrected chi connectivity index (χ0v) is 14.7. The van der Waals surface area contributed by atoms with Crippen molar-refractivity contribution in [2.75, 3.05) is 7.11 Å². The minimum Gasteiger partial charge on any atom is -0.507 e. The Morgan fingerprint density at radius 3 is 2.54 bits per heavy atom. The van der Waals surface area contributed by atoms with E-state index in [0.717, 1.165) is 24.3 Å². The van der Waals surface area contributed by atoms with Crippen molar-refractivity contribution in [2.24, 2.45) is 12.0 Å². The first-order valence-corrected chi connectivity index (χ1v) is 8.09.